The average molecular weight is 350 g/mol. The molecular formula is C12H7BrCl2OS. The molecule has 1 aromatic heterocycles. The van der Waals surface area contributed by atoms with Gasteiger partial charge in [-0.2, -0.15) is 0 Å². The lowest BCUT2D eigenvalue weighted by Crippen LogP contribution is -2.03. The van der Waals surface area contributed by atoms with Gasteiger partial charge >= 0.3 is 0 Å². The molecule has 0 fully saturated rings. The molecule has 1 aromatic carbocycles. The number of halogens is 3. The fourth-order valence-electron chi connectivity index (χ4n) is 1.41. The Labute approximate surface area is 121 Å². The van der Waals surface area contributed by atoms with Crippen molar-refractivity contribution in [2.75, 3.05) is 0 Å². The van der Waals surface area contributed by atoms with Crippen molar-refractivity contribution < 1.29 is 4.79 Å². The molecule has 2 rings (SSSR count). The van der Waals surface area contributed by atoms with Crippen molar-refractivity contribution in [3.05, 3.63) is 54.6 Å². The van der Waals surface area contributed by atoms with E-state index in [4.69, 9.17) is 23.2 Å². The Kier molecular flexibility index (Phi) is 4.26. The van der Waals surface area contributed by atoms with Crippen LogP contribution in [0.4, 0.5) is 0 Å². The van der Waals surface area contributed by atoms with E-state index in [2.05, 4.69) is 15.9 Å². The Bertz CT molecular complexity index is 565. The third-order valence-electron chi connectivity index (χ3n) is 2.19. The van der Waals surface area contributed by atoms with Gasteiger partial charge in [0.2, 0.25) is 0 Å². The highest BCUT2D eigenvalue weighted by Gasteiger charge is 2.12. The Balaban J connectivity index is 2.22. The van der Waals surface area contributed by atoms with Crippen LogP contribution in [0.3, 0.4) is 0 Å². The van der Waals surface area contributed by atoms with Gasteiger partial charge in [0, 0.05) is 21.9 Å². The molecule has 1 nitrogen and oxygen atoms in total. The maximum atomic E-state index is 12.0. The summed E-state index contributed by atoms with van der Waals surface area (Å²) in [6.45, 7) is 0. The Morgan fingerprint density at radius 1 is 1.24 bits per heavy atom. The van der Waals surface area contributed by atoms with Gasteiger partial charge < -0.3 is 0 Å². The van der Waals surface area contributed by atoms with Gasteiger partial charge in [-0.3, -0.25) is 4.79 Å². The predicted octanol–water partition coefficient (Wildman–Crippen LogP) is 5.24. The van der Waals surface area contributed by atoms with Crippen LogP contribution in [-0.4, -0.2) is 5.78 Å². The highest BCUT2D eigenvalue weighted by molar-refractivity contribution is 9.11. The molecule has 0 radical (unpaired) electrons. The maximum absolute atomic E-state index is 12.0. The van der Waals surface area contributed by atoms with Crippen molar-refractivity contribution in [3.63, 3.8) is 0 Å². The summed E-state index contributed by atoms with van der Waals surface area (Å²) >= 11 is 16.7. The van der Waals surface area contributed by atoms with E-state index in [1.807, 2.05) is 12.1 Å². The number of carbonyl (C=O) groups excluding carboxylic acids is 1. The van der Waals surface area contributed by atoms with E-state index in [0.717, 1.165) is 8.66 Å². The minimum Gasteiger partial charge on any atom is -0.294 e. The quantitative estimate of drug-likeness (QED) is 0.692. The van der Waals surface area contributed by atoms with Crippen molar-refractivity contribution in [3.8, 4) is 0 Å². The van der Waals surface area contributed by atoms with Gasteiger partial charge in [0.25, 0.3) is 0 Å². The second kappa shape index (κ2) is 5.53. The molecule has 5 heteroatoms. The summed E-state index contributed by atoms with van der Waals surface area (Å²) in [7, 11) is 0. The van der Waals surface area contributed by atoms with Crippen LogP contribution in [0.25, 0.3) is 0 Å². The Morgan fingerprint density at radius 3 is 2.65 bits per heavy atom. The molecule has 0 unspecified atom stereocenters. The van der Waals surface area contributed by atoms with Crippen molar-refractivity contribution >= 4 is 56.3 Å². The van der Waals surface area contributed by atoms with E-state index >= 15 is 0 Å². The zero-order valence-corrected chi connectivity index (χ0v) is 12.5. The normalized spacial score (nSPS) is 10.5. The van der Waals surface area contributed by atoms with Crippen molar-refractivity contribution in [2.24, 2.45) is 0 Å². The van der Waals surface area contributed by atoms with Crippen molar-refractivity contribution in [1.29, 1.82) is 0 Å². The van der Waals surface area contributed by atoms with Gasteiger partial charge in [-0.15, -0.1) is 11.3 Å². The standard InChI is InChI=1S/C12H7BrCl2OS/c13-12-4-2-8(17-12)6-11(16)9-5-7(14)1-3-10(9)15/h1-5H,6H2. The number of thiophene rings is 1. The van der Waals surface area contributed by atoms with Crippen molar-refractivity contribution in [2.45, 2.75) is 6.42 Å². The largest absolute Gasteiger partial charge is 0.294 e. The molecule has 0 aliphatic carbocycles. The number of carbonyl (C=O) groups is 1. The summed E-state index contributed by atoms with van der Waals surface area (Å²) < 4.78 is 1.01. The molecule has 0 aliphatic heterocycles. The molecule has 0 N–H and O–H groups in total. The summed E-state index contributed by atoms with van der Waals surface area (Å²) in [5.41, 5.74) is 0.476. The topological polar surface area (TPSA) is 17.1 Å². The minimum atomic E-state index is -0.0214. The first kappa shape index (κ1) is 13.1. The van der Waals surface area contributed by atoms with Crippen LogP contribution >= 0.6 is 50.5 Å². The van der Waals surface area contributed by atoms with E-state index in [1.165, 1.54) is 0 Å². The first-order chi connectivity index (χ1) is 8.06. The molecule has 0 saturated heterocycles. The smallest absolute Gasteiger partial charge is 0.169 e. The van der Waals surface area contributed by atoms with E-state index in [-0.39, 0.29) is 5.78 Å². The molecule has 1 heterocycles. The third kappa shape index (κ3) is 3.32. The fraction of sp³-hybridized carbons (Fsp3) is 0.0833. The first-order valence-corrected chi connectivity index (χ1v) is 7.15. The number of hydrogen-bond donors (Lipinski definition) is 0. The molecule has 0 saturated carbocycles. The van der Waals surface area contributed by atoms with Crippen molar-refractivity contribution in [1.82, 2.24) is 0 Å². The highest BCUT2D eigenvalue weighted by atomic mass is 79.9. The van der Waals surface area contributed by atoms with Crippen LogP contribution < -0.4 is 0 Å². The lowest BCUT2D eigenvalue weighted by Gasteiger charge is -2.02. The molecule has 0 amide bonds. The molecule has 0 bridgehead atoms. The third-order valence-corrected chi connectivity index (χ3v) is 4.38. The average Bonchev–Trinajstić information content (AvgIpc) is 2.67. The number of benzene rings is 1. The van der Waals surface area contributed by atoms with Gasteiger partial charge in [0.15, 0.2) is 5.78 Å². The number of hydrogen-bond acceptors (Lipinski definition) is 2. The SMILES string of the molecule is O=C(Cc1ccc(Br)s1)c1cc(Cl)ccc1Cl. The van der Waals surface area contributed by atoms with E-state index in [9.17, 15) is 4.79 Å². The lowest BCUT2D eigenvalue weighted by molar-refractivity contribution is 0.0994. The zero-order chi connectivity index (χ0) is 12.4. The van der Waals surface area contributed by atoms with Gasteiger partial charge in [0.05, 0.1) is 8.81 Å². The van der Waals surface area contributed by atoms with E-state index in [1.54, 1.807) is 29.5 Å². The predicted molar refractivity (Wildman–Crippen MR) is 76.5 cm³/mol. The fourth-order valence-corrected chi connectivity index (χ4v) is 3.29. The van der Waals surface area contributed by atoms with Crippen LogP contribution in [0, 0.1) is 0 Å². The van der Waals surface area contributed by atoms with Crippen LogP contribution in [0.2, 0.25) is 10.0 Å². The molecule has 2 aromatic rings. The van der Waals surface area contributed by atoms with E-state index in [0.29, 0.717) is 22.0 Å². The summed E-state index contributed by atoms with van der Waals surface area (Å²) in [6.07, 6.45) is 0.344. The molecule has 0 spiro atoms. The first-order valence-electron chi connectivity index (χ1n) is 4.79. The lowest BCUT2D eigenvalue weighted by atomic mass is 10.1. The second-order valence-corrected chi connectivity index (χ2v) is 6.82. The summed E-state index contributed by atoms with van der Waals surface area (Å²) in [5.74, 6) is -0.0214. The van der Waals surface area contributed by atoms with Crippen LogP contribution in [0.1, 0.15) is 15.2 Å². The summed E-state index contributed by atoms with van der Waals surface area (Å²) in [4.78, 5) is 13.0. The molecule has 0 aliphatic rings. The Hall–Kier alpha value is -0.350. The Morgan fingerprint density at radius 2 is 2.00 bits per heavy atom. The van der Waals surface area contributed by atoms with E-state index < -0.39 is 0 Å². The molecular weight excluding hydrogens is 343 g/mol. The minimum absolute atomic E-state index is 0.0214. The summed E-state index contributed by atoms with van der Waals surface area (Å²) in [6, 6.07) is 8.76. The summed E-state index contributed by atoms with van der Waals surface area (Å²) in [5, 5.41) is 0.958. The molecule has 0 atom stereocenters. The molecule has 17 heavy (non-hydrogen) atoms. The maximum Gasteiger partial charge on any atom is 0.169 e. The van der Waals surface area contributed by atoms with Gasteiger partial charge in [-0.25, -0.2) is 0 Å². The number of Topliss-reactive ketones (excluding diaryl/α,β-unsaturated/α-hetero) is 1. The van der Waals surface area contributed by atoms with Gasteiger partial charge in [-0.1, -0.05) is 23.2 Å². The van der Waals surface area contributed by atoms with Crippen LogP contribution in [-0.2, 0) is 6.42 Å². The van der Waals surface area contributed by atoms with Crippen LogP contribution in [0.5, 0.6) is 0 Å². The van der Waals surface area contributed by atoms with Gasteiger partial charge in [0.1, 0.15) is 0 Å². The molecule has 88 valence electrons. The number of ketones is 1. The monoisotopic (exact) mass is 348 g/mol. The second-order valence-electron chi connectivity index (χ2n) is 3.43. The highest BCUT2D eigenvalue weighted by Crippen LogP contribution is 2.26. The van der Waals surface area contributed by atoms with Gasteiger partial charge in [-0.05, 0) is 46.3 Å². The number of rotatable bonds is 3. The zero-order valence-electron chi connectivity index (χ0n) is 8.54. The van der Waals surface area contributed by atoms with Crippen LogP contribution in [0.15, 0.2) is 34.1 Å².